The smallest absolute Gasteiger partial charge is 0.312 e. The van der Waals surface area contributed by atoms with Gasteiger partial charge in [0.2, 0.25) is 5.96 Å². The van der Waals surface area contributed by atoms with Crippen LogP contribution in [0, 0.1) is 5.92 Å². The predicted octanol–water partition coefficient (Wildman–Crippen LogP) is 5.76. The molecule has 0 aliphatic carbocycles. The molecular weight excluding hydrogens is 552 g/mol. The molecule has 0 aromatic heterocycles. The molecule has 9 nitrogen and oxygen atoms in total. The number of hydrogen-bond donors (Lipinski definition) is 3. The minimum absolute atomic E-state index is 0.00158. The summed E-state index contributed by atoms with van der Waals surface area (Å²) >= 11 is 0. The fourth-order valence-corrected chi connectivity index (χ4v) is 9.70. The molecule has 3 N–H and O–H groups in total. The number of rotatable bonds is 15. The van der Waals surface area contributed by atoms with Crippen LogP contribution in [-0.4, -0.2) is 93.2 Å². The lowest BCUT2D eigenvalue weighted by Gasteiger charge is -2.52. The first-order chi connectivity index (χ1) is 21.4. The maximum Gasteiger partial charge on any atom is 0.312 e. The van der Waals surface area contributed by atoms with Crippen molar-refractivity contribution in [3.05, 3.63) is 0 Å². The Labute approximate surface area is 266 Å². The Balaban J connectivity index is 0.865. The number of carbonyl (C=O) groups excluding carboxylic acids is 1. The van der Waals surface area contributed by atoms with Crippen LogP contribution in [0.1, 0.15) is 143 Å². The number of guanidine groups is 1. The second-order valence-corrected chi connectivity index (χ2v) is 15.2. The van der Waals surface area contributed by atoms with Gasteiger partial charge in [-0.2, -0.15) is 0 Å². The molecule has 9 heteroatoms. The average Bonchev–Trinajstić information content (AvgIpc) is 3.62. The molecule has 0 saturated carbocycles. The Morgan fingerprint density at radius 3 is 2.39 bits per heavy atom. The monoisotopic (exact) mass is 614 g/mol. The fraction of sp³-hybridized carbons (Fsp3) is 0.943. The van der Waals surface area contributed by atoms with Gasteiger partial charge in [0.1, 0.15) is 6.29 Å². The Morgan fingerprint density at radius 2 is 1.57 bits per heavy atom. The van der Waals surface area contributed by atoms with Crippen LogP contribution >= 0.6 is 0 Å². The second-order valence-electron chi connectivity index (χ2n) is 15.2. The van der Waals surface area contributed by atoms with E-state index >= 15 is 0 Å². The number of ether oxygens (including phenoxy) is 1. The lowest BCUT2D eigenvalue weighted by Crippen LogP contribution is -2.73. The summed E-state index contributed by atoms with van der Waals surface area (Å²) < 4.78 is 5.91. The lowest BCUT2D eigenvalue weighted by atomic mass is 9.88. The van der Waals surface area contributed by atoms with Gasteiger partial charge in [-0.3, -0.25) is 25.5 Å². The van der Waals surface area contributed by atoms with Crippen LogP contribution in [0.5, 0.6) is 0 Å². The quantitative estimate of drug-likeness (QED) is 0.158. The van der Waals surface area contributed by atoms with Crippen molar-refractivity contribution in [2.75, 3.05) is 6.61 Å². The zero-order chi connectivity index (χ0) is 30.6. The Hall–Kier alpha value is -1.42. The van der Waals surface area contributed by atoms with Crippen molar-refractivity contribution in [2.45, 2.75) is 197 Å². The predicted molar refractivity (Wildman–Crippen MR) is 174 cm³/mol. The molecule has 6 heterocycles. The first-order valence-corrected chi connectivity index (χ1v) is 18.7. The number of hydrogen-bond acceptors (Lipinski definition) is 9. The summed E-state index contributed by atoms with van der Waals surface area (Å²) in [5.74, 6) is 0.768. The molecular formula is C35H62N6O3. The van der Waals surface area contributed by atoms with Gasteiger partial charge in [-0.1, -0.05) is 64.7 Å². The van der Waals surface area contributed by atoms with E-state index < -0.39 is 0 Å². The first-order valence-electron chi connectivity index (χ1n) is 18.7. The van der Waals surface area contributed by atoms with Gasteiger partial charge in [0.25, 0.3) is 0 Å². The molecule has 5 saturated heterocycles. The maximum absolute atomic E-state index is 13.3. The van der Waals surface area contributed by atoms with E-state index in [0.717, 1.165) is 44.5 Å². The highest BCUT2D eigenvalue weighted by Gasteiger charge is 2.53. The summed E-state index contributed by atoms with van der Waals surface area (Å²) in [5, 5.41) is 19.7. The van der Waals surface area contributed by atoms with Crippen LogP contribution in [0.3, 0.4) is 0 Å². The van der Waals surface area contributed by atoms with Crippen LogP contribution in [0.15, 0.2) is 4.99 Å². The van der Waals surface area contributed by atoms with Gasteiger partial charge in [0.05, 0.1) is 24.6 Å². The maximum atomic E-state index is 13.3. The summed E-state index contributed by atoms with van der Waals surface area (Å²) in [6, 6.07) is 3.24. The van der Waals surface area contributed by atoms with E-state index in [1.165, 1.54) is 88.5 Å². The van der Waals surface area contributed by atoms with Crippen molar-refractivity contribution in [2.24, 2.45) is 10.9 Å². The van der Waals surface area contributed by atoms with Crippen LogP contribution in [0.2, 0.25) is 0 Å². The summed E-state index contributed by atoms with van der Waals surface area (Å²) in [6.07, 6.45) is 23.1. The minimum atomic E-state index is -0.0752. The van der Waals surface area contributed by atoms with E-state index in [-0.39, 0.29) is 30.3 Å². The topological polar surface area (TPSA) is 92.7 Å². The Kier molecular flexibility index (Phi) is 11.1. The number of nitrogens with zero attached hydrogens (tertiary/aromatic N) is 4. The summed E-state index contributed by atoms with van der Waals surface area (Å²) in [7, 11) is 0. The van der Waals surface area contributed by atoms with Crippen molar-refractivity contribution < 1.29 is 14.7 Å². The summed E-state index contributed by atoms with van der Waals surface area (Å²) in [6.45, 7) is 7.11. The van der Waals surface area contributed by atoms with E-state index in [2.05, 4.69) is 41.2 Å². The van der Waals surface area contributed by atoms with E-state index in [0.29, 0.717) is 42.9 Å². The third-order valence-corrected chi connectivity index (χ3v) is 12.0. The minimum Gasteiger partial charge on any atom is -0.465 e. The third kappa shape index (κ3) is 7.11. The zero-order valence-electron chi connectivity index (χ0n) is 28.0. The molecule has 6 rings (SSSR count). The van der Waals surface area contributed by atoms with Crippen LogP contribution in [0.25, 0.3) is 0 Å². The van der Waals surface area contributed by atoms with Gasteiger partial charge in [0, 0.05) is 36.3 Å². The molecule has 6 aliphatic rings. The normalized spacial score (nSPS) is 38.0. The molecule has 6 aliphatic heterocycles. The van der Waals surface area contributed by atoms with Crippen molar-refractivity contribution in [3.63, 3.8) is 0 Å². The van der Waals surface area contributed by atoms with Crippen LogP contribution < -0.4 is 10.6 Å². The van der Waals surface area contributed by atoms with Gasteiger partial charge in [-0.15, -0.1) is 0 Å². The van der Waals surface area contributed by atoms with Crippen molar-refractivity contribution >= 4 is 11.9 Å². The molecule has 0 aromatic rings. The largest absolute Gasteiger partial charge is 0.465 e. The van der Waals surface area contributed by atoms with Crippen molar-refractivity contribution in [3.8, 4) is 0 Å². The summed E-state index contributed by atoms with van der Waals surface area (Å²) in [5.41, 5.74) is 0. The van der Waals surface area contributed by atoms with Gasteiger partial charge >= 0.3 is 5.97 Å². The molecule has 0 amide bonds. The molecule has 0 spiro atoms. The number of hydroxylamine groups is 2. The van der Waals surface area contributed by atoms with Gasteiger partial charge in [-0.05, 0) is 78.1 Å². The average molecular weight is 615 g/mol. The molecule has 4 unspecified atom stereocenters. The number of unbranched alkanes of at least 4 members (excludes halogenated alkanes) is 8. The number of nitrogens with one attached hydrogen (secondary N) is 2. The highest BCUT2D eigenvalue weighted by Crippen LogP contribution is 2.41. The number of aliphatic imine (C=N–C) groups is 1. The van der Waals surface area contributed by atoms with E-state index in [1.54, 1.807) is 0 Å². The molecule has 0 radical (unpaired) electrons. The molecule has 0 aromatic carbocycles. The number of carbonyl (C=O) groups is 1. The second kappa shape index (κ2) is 15.0. The fourth-order valence-electron chi connectivity index (χ4n) is 9.70. The molecule has 0 bridgehead atoms. The third-order valence-electron chi connectivity index (χ3n) is 12.0. The zero-order valence-corrected chi connectivity index (χ0v) is 28.0. The van der Waals surface area contributed by atoms with Crippen molar-refractivity contribution in [1.82, 2.24) is 25.5 Å². The Bertz CT molecular complexity index is 980. The van der Waals surface area contributed by atoms with Crippen LogP contribution in [0.4, 0.5) is 0 Å². The van der Waals surface area contributed by atoms with E-state index in [1.807, 2.05) is 0 Å². The first kappa shape index (κ1) is 32.5. The van der Waals surface area contributed by atoms with Gasteiger partial charge in [-0.25, -0.2) is 10.1 Å². The highest BCUT2D eigenvalue weighted by atomic mass is 16.5. The Morgan fingerprint density at radius 1 is 0.864 bits per heavy atom. The van der Waals surface area contributed by atoms with E-state index in [9.17, 15) is 10.0 Å². The molecule has 250 valence electrons. The van der Waals surface area contributed by atoms with E-state index in [4.69, 9.17) is 9.73 Å². The van der Waals surface area contributed by atoms with Crippen molar-refractivity contribution in [1.29, 1.82) is 0 Å². The van der Waals surface area contributed by atoms with Crippen LogP contribution in [-0.2, 0) is 9.53 Å². The lowest BCUT2D eigenvalue weighted by molar-refractivity contribution is -0.157. The van der Waals surface area contributed by atoms with Gasteiger partial charge < -0.3 is 9.64 Å². The molecule has 5 fully saturated rings. The summed E-state index contributed by atoms with van der Waals surface area (Å²) in [4.78, 5) is 23.3. The SMILES string of the molecule is CCCCCCC[C@H]1C[C@H]2CCC3C(C(=O)OCCCCCCC[C@H]4C[C@H]5CC[C@@H]6C[C@H](C)N(O)C(=N4)N56)C(C)NC(N1)N32. The number of esters is 1. The van der Waals surface area contributed by atoms with Gasteiger partial charge in [0.15, 0.2) is 0 Å². The molecule has 10 atom stereocenters. The standard InChI is InChI=1S/C35H62N6O3/c1-4-5-6-8-11-14-26-22-30-18-19-31-32(25(3)36-34(37-26)40(30)31)33(42)44-20-13-10-7-9-12-15-27-23-29-17-16-28-21-24(2)41(43)35(38-27)39(28)29/h24-32,34,36-37,43H,4-23H2,1-3H3/t24-,25?,26-,27-,28+,29+,30+,31?,32?,34?/m0/s1. The molecule has 44 heavy (non-hydrogen) atoms. The highest BCUT2D eigenvalue weighted by molar-refractivity contribution is 5.82.